The van der Waals surface area contributed by atoms with Crippen LogP contribution in [-0.2, 0) is 0 Å². The summed E-state index contributed by atoms with van der Waals surface area (Å²) in [4.78, 5) is 12.8. The number of hydrogen-bond donors (Lipinski definition) is 0. The van der Waals surface area contributed by atoms with E-state index in [-0.39, 0.29) is 5.24 Å². The van der Waals surface area contributed by atoms with Crippen molar-refractivity contribution in [2.75, 3.05) is 18.8 Å². The van der Waals surface area contributed by atoms with E-state index >= 15 is 0 Å². The molecule has 1 rings (SSSR count). The minimum Gasteiger partial charge on any atom is -0.330 e. The Morgan fingerprint density at radius 2 is 2.70 bits per heavy atom. The van der Waals surface area contributed by atoms with Crippen LogP contribution < -0.4 is 0 Å². The molecule has 1 fully saturated rings. The van der Waals surface area contributed by atoms with E-state index in [1.165, 1.54) is 11.8 Å². The molecule has 1 amide bonds. The highest BCUT2D eigenvalue weighted by Crippen LogP contribution is 2.15. The molecule has 2 nitrogen and oxygen atoms in total. The van der Waals surface area contributed by atoms with Gasteiger partial charge in [0.15, 0.2) is 0 Å². The molecule has 0 atom stereocenters. The quantitative estimate of drug-likeness (QED) is 0.565. The molecule has 0 aliphatic carbocycles. The molecular weight excluding hydrogens is 146 g/mol. The summed E-state index contributed by atoms with van der Waals surface area (Å²) in [7, 11) is 0. The average molecular weight is 156 g/mol. The van der Waals surface area contributed by atoms with Crippen LogP contribution in [-0.4, -0.2) is 29.0 Å². The molecule has 55 valence electrons. The second-order valence-electron chi connectivity index (χ2n) is 2.06. The first kappa shape index (κ1) is 7.66. The Morgan fingerprint density at radius 3 is 3.30 bits per heavy atom. The van der Waals surface area contributed by atoms with Gasteiger partial charge in [0.2, 0.25) is 0 Å². The molecule has 0 unspecified atom stereocenters. The van der Waals surface area contributed by atoms with Crippen LogP contribution in [0.5, 0.6) is 0 Å². The zero-order chi connectivity index (χ0) is 7.40. The molecule has 0 aromatic carbocycles. The summed E-state index contributed by atoms with van der Waals surface area (Å²) in [6.45, 7) is 5.02. The molecule has 0 aromatic heterocycles. The number of rotatable bonds is 2. The number of hydrogen-bond acceptors (Lipinski definition) is 2. The molecule has 3 heteroatoms. The summed E-state index contributed by atoms with van der Waals surface area (Å²) >= 11 is 1.35. The predicted octanol–water partition coefficient (Wildman–Crippen LogP) is 1.55. The summed E-state index contributed by atoms with van der Waals surface area (Å²) in [5.74, 6) is 0.854. The van der Waals surface area contributed by atoms with Crippen molar-refractivity contribution in [1.29, 1.82) is 0 Å². The van der Waals surface area contributed by atoms with Gasteiger partial charge in [-0.25, -0.2) is 0 Å². The molecule has 1 radical (unpaired) electrons. The van der Waals surface area contributed by atoms with Gasteiger partial charge in [0.25, 0.3) is 5.24 Å². The van der Waals surface area contributed by atoms with Crippen molar-refractivity contribution in [2.45, 2.75) is 0 Å². The van der Waals surface area contributed by atoms with E-state index in [9.17, 15) is 4.79 Å². The van der Waals surface area contributed by atoms with Gasteiger partial charge in [0.05, 0.1) is 0 Å². The van der Waals surface area contributed by atoms with Crippen molar-refractivity contribution in [3.63, 3.8) is 0 Å². The summed E-state index contributed by atoms with van der Waals surface area (Å²) in [5, 5.41) is 0.169. The molecule has 0 bridgehead atoms. The van der Waals surface area contributed by atoms with E-state index in [4.69, 9.17) is 0 Å². The van der Waals surface area contributed by atoms with Crippen molar-refractivity contribution in [1.82, 2.24) is 4.90 Å². The normalized spacial score (nSPS) is 19.2. The van der Waals surface area contributed by atoms with E-state index in [1.807, 2.05) is 0 Å². The van der Waals surface area contributed by atoms with E-state index in [0.29, 0.717) is 6.54 Å². The van der Waals surface area contributed by atoms with Crippen LogP contribution in [0.2, 0.25) is 0 Å². The van der Waals surface area contributed by atoms with Gasteiger partial charge in [-0.15, -0.1) is 6.58 Å². The van der Waals surface area contributed by atoms with Crippen molar-refractivity contribution >= 4 is 17.0 Å². The van der Waals surface area contributed by atoms with Crippen LogP contribution in [0.3, 0.4) is 0 Å². The van der Waals surface area contributed by atoms with Gasteiger partial charge in [0, 0.05) is 18.8 Å². The lowest BCUT2D eigenvalue weighted by atomic mass is 10.4. The lowest BCUT2D eigenvalue weighted by molar-refractivity contribution is 0.230. The average Bonchev–Trinajstić information content (AvgIpc) is 1.94. The summed E-state index contributed by atoms with van der Waals surface area (Å²) < 4.78 is 0. The van der Waals surface area contributed by atoms with Crippen LogP contribution in [0.1, 0.15) is 0 Å². The zero-order valence-electron chi connectivity index (χ0n) is 5.75. The van der Waals surface area contributed by atoms with Crippen molar-refractivity contribution < 1.29 is 4.79 Å². The maximum Gasteiger partial charge on any atom is 0.281 e. The summed E-state index contributed by atoms with van der Waals surface area (Å²) in [5.41, 5.74) is 0. The summed E-state index contributed by atoms with van der Waals surface area (Å²) in [6, 6.07) is 0. The molecule has 0 spiro atoms. The minimum absolute atomic E-state index is 0.169. The van der Waals surface area contributed by atoms with Gasteiger partial charge >= 0.3 is 0 Å². The highest BCUT2D eigenvalue weighted by atomic mass is 32.2. The smallest absolute Gasteiger partial charge is 0.281 e. The Bertz CT molecular complexity index is 147. The SMILES string of the molecule is C=CCN1C[CH]CSC1=O. The zero-order valence-corrected chi connectivity index (χ0v) is 6.56. The van der Waals surface area contributed by atoms with Gasteiger partial charge < -0.3 is 4.90 Å². The van der Waals surface area contributed by atoms with Gasteiger partial charge in [-0.3, -0.25) is 4.79 Å². The Balaban J connectivity index is 2.39. The van der Waals surface area contributed by atoms with Crippen molar-refractivity contribution in [3.05, 3.63) is 19.1 Å². The predicted molar refractivity (Wildman–Crippen MR) is 43.9 cm³/mol. The lowest BCUT2D eigenvalue weighted by Gasteiger charge is -2.23. The van der Waals surface area contributed by atoms with Crippen LogP contribution in [0.4, 0.5) is 4.79 Å². The van der Waals surface area contributed by atoms with Crippen LogP contribution in [0.15, 0.2) is 12.7 Å². The first-order valence-corrected chi connectivity index (χ1v) is 4.17. The highest BCUT2D eigenvalue weighted by molar-refractivity contribution is 8.13. The largest absolute Gasteiger partial charge is 0.330 e. The van der Waals surface area contributed by atoms with Crippen molar-refractivity contribution in [2.24, 2.45) is 0 Å². The molecule has 10 heavy (non-hydrogen) atoms. The molecule has 1 saturated heterocycles. The highest BCUT2D eigenvalue weighted by Gasteiger charge is 2.16. The van der Waals surface area contributed by atoms with Gasteiger partial charge in [-0.05, 0) is 6.42 Å². The fraction of sp³-hybridized carbons (Fsp3) is 0.429. The fourth-order valence-electron chi connectivity index (χ4n) is 0.809. The Labute approximate surface area is 65.3 Å². The Morgan fingerprint density at radius 1 is 1.90 bits per heavy atom. The number of carbonyl (C=O) groups is 1. The second-order valence-corrected chi connectivity index (χ2v) is 3.03. The maximum atomic E-state index is 11.0. The molecule has 1 aliphatic rings. The Kier molecular flexibility index (Phi) is 2.81. The number of nitrogens with zero attached hydrogens (tertiary/aromatic N) is 1. The van der Waals surface area contributed by atoms with Crippen molar-refractivity contribution in [3.8, 4) is 0 Å². The first-order chi connectivity index (χ1) is 4.84. The number of thioether (sulfide) groups is 1. The van der Waals surface area contributed by atoms with E-state index in [0.717, 1.165) is 12.3 Å². The molecule has 0 aromatic rings. The molecule has 0 N–H and O–H groups in total. The van der Waals surface area contributed by atoms with E-state index in [2.05, 4.69) is 13.0 Å². The monoisotopic (exact) mass is 156 g/mol. The third kappa shape index (κ3) is 1.77. The van der Waals surface area contributed by atoms with Crippen LogP contribution >= 0.6 is 11.8 Å². The van der Waals surface area contributed by atoms with Gasteiger partial charge in [0.1, 0.15) is 0 Å². The Hall–Kier alpha value is -0.440. The topological polar surface area (TPSA) is 20.3 Å². The molecule has 1 heterocycles. The number of amides is 1. The third-order valence-corrected chi connectivity index (χ3v) is 2.19. The van der Waals surface area contributed by atoms with E-state index in [1.54, 1.807) is 11.0 Å². The fourth-order valence-corrected chi connectivity index (χ4v) is 1.51. The molecule has 1 aliphatic heterocycles. The molecular formula is C7H10NOS. The standard InChI is InChI=1S/C7H10NOS/c1-2-4-8-5-3-6-10-7(8)9/h2-3H,1,4-6H2. The summed E-state index contributed by atoms with van der Waals surface area (Å²) in [6.07, 6.45) is 3.84. The van der Waals surface area contributed by atoms with Crippen LogP contribution in [0.25, 0.3) is 0 Å². The van der Waals surface area contributed by atoms with Gasteiger partial charge in [-0.1, -0.05) is 17.8 Å². The molecule has 0 saturated carbocycles. The minimum atomic E-state index is 0.169. The number of carbonyl (C=O) groups excluding carboxylic acids is 1. The van der Waals surface area contributed by atoms with E-state index < -0.39 is 0 Å². The van der Waals surface area contributed by atoms with Crippen LogP contribution in [0, 0.1) is 6.42 Å². The van der Waals surface area contributed by atoms with Gasteiger partial charge in [-0.2, -0.15) is 0 Å². The third-order valence-electron chi connectivity index (χ3n) is 1.28. The maximum absolute atomic E-state index is 11.0. The second kappa shape index (κ2) is 3.66. The lowest BCUT2D eigenvalue weighted by Crippen LogP contribution is -2.33. The first-order valence-electron chi connectivity index (χ1n) is 3.19.